The molecule has 32 heavy (non-hydrogen) atoms. The van der Waals surface area contributed by atoms with Crippen LogP contribution in [-0.2, 0) is 16.1 Å². The summed E-state index contributed by atoms with van der Waals surface area (Å²) in [5, 5.41) is 7.49. The Morgan fingerprint density at radius 2 is 1.78 bits per heavy atom. The lowest BCUT2D eigenvalue weighted by Gasteiger charge is -2.06. The predicted octanol–water partition coefficient (Wildman–Crippen LogP) is 3.31. The lowest BCUT2D eigenvalue weighted by molar-refractivity contribution is -0.122. The Kier molecular flexibility index (Phi) is 5.03. The Hall–Kier alpha value is -3.84. The number of ether oxygens (including phenoxy) is 1. The Balaban J connectivity index is 1.75. The van der Waals surface area contributed by atoms with Crippen LogP contribution in [0.1, 0.15) is 17.5 Å². The van der Waals surface area contributed by atoms with E-state index in [1.807, 2.05) is 55.7 Å². The Bertz CT molecular complexity index is 1390. The molecule has 3 heterocycles. The molecule has 0 fully saturated rings. The van der Waals surface area contributed by atoms with E-state index < -0.39 is 0 Å². The highest BCUT2D eigenvalue weighted by Crippen LogP contribution is 2.39. The van der Waals surface area contributed by atoms with Crippen LogP contribution in [0.15, 0.2) is 54.9 Å². The summed E-state index contributed by atoms with van der Waals surface area (Å²) in [6.07, 6.45) is 4.70. The second kappa shape index (κ2) is 8.01. The van der Waals surface area contributed by atoms with Gasteiger partial charge in [0.05, 0.1) is 23.8 Å². The summed E-state index contributed by atoms with van der Waals surface area (Å²) in [7, 11) is 3.56. The Morgan fingerprint density at radius 1 is 1.00 bits per heavy atom. The maximum Gasteiger partial charge on any atom is 0.259 e. The summed E-state index contributed by atoms with van der Waals surface area (Å²) in [5.41, 5.74) is 4.16. The van der Waals surface area contributed by atoms with Crippen molar-refractivity contribution in [3.8, 4) is 5.75 Å². The van der Waals surface area contributed by atoms with Crippen molar-refractivity contribution in [1.29, 1.82) is 0 Å². The van der Waals surface area contributed by atoms with Gasteiger partial charge in [0.1, 0.15) is 5.75 Å². The number of nitrogens with one attached hydrogen (secondary N) is 3. The first-order valence-electron chi connectivity index (χ1n) is 10.6. The number of rotatable bonds is 7. The Labute approximate surface area is 185 Å². The number of imide groups is 1. The summed E-state index contributed by atoms with van der Waals surface area (Å²) < 4.78 is 7.55. The molecule has 0 bridgehead atoms. The smallest absolute Gasteiger partial charge is 0.259 e. The monoisotopic (exact) mass is 428 g/mol. The van der Waals surface area contributed by atoms with Crippen LogP contribution in [0.4, 0.5) is 0 Å². The van der Waals surface area contributed by atoms with Gasteiger partial charge in [-0.2, -0.15) is 0 Å². The molecule has 2 aromatic carbocycles. The van der Waals surface area contributed by atoms with E-state index >= 15 is 0 Å². The summed E-state index contributed by atoms with van der Waals surface area (Å²) in [5.74, 6) is -0.00507. The highest BCUT2D eigenvalue weighted by Gasteiger charge is 2.35. The summed E-state index contributed by atoms with van der Waals surface area (Å²) in [6, 6.07) is 13.6. The lowest BCUT2D eigenvalue weighted by atomic mass is 9.95. The van der Waals surface area contributed by atoms with Crippen LogP contribution >= 0.6 is 0 Å². The average Bonchev–Trinajstić information content (AvgIpc) is 3.46. The molecule has 0 saturated carbocycles. The topological polar surface area (TPSA) is 88.2 Å². The van der Waals surface area contributed by atoms with Crippen LogP contribution in [0.5, 0.6) is 5.75 Å². The van der Waals surface area contributed by atoms with Crippen LogP contribution in [0.25, 0.3) is 33.0 Å². The molecule has 2 amide bonds. The van der Waals surface area contributed by atoms with E-state index in [2.05, 4.69) is 20.2 Å². The van der Waals surface area contributed by atoms with Gasteiger partial charge in [0.2, 0.25) is 0 Å². The minimum Gasteiger partial charge on any atom is -0.497 e. The second-order valence-electron chi connectivity index (χ2n) is 7.86. The zero-order valence-corrected chi connectivity index (χ0v) is 18.0. The van der Waals surface area contributed by atoms with E-state index in [9.17, 15) is 9.59 Å². The van der Waals surface area contributed by atoms with Gasteiger partial charge in [-0.05, 0) is 38.2 Å². The zero-order chi connectivity index (χ0) is 22.2. The van der Waals surface area contributed by atoms with Gasteiger partial charge in [-0.3, -0.25) is 14.9 Å². The van der Waals surface area contributed by atoms with Crippen molar-refractivity contribution < 1.29 is 14.3 Å². The molecule has 1 aliphatic rings. The highest BCUT2D eigenvalue weighted by molar-refractivity contribution is 6.50. The van der Waals surface area contributed by atoms with Gasteiger partial charge >= 0.3 is 0 Å². The number of H-pyrrole nitrogens is 1. The van der Waals surface area contributed by atoms with E-state index in [-0.39, 0.29) is 11.8 Å². The molecule has 0 spiro atoms. The highest BCUT2D eigenvalue weighted by atomic mass is 16.5. The molecule has 0 radical (unpaired) electrons. The second-order valence-corrected chi connectivity index (χ2v) is 7.86. The van der Waals surface area contributed by atoms with E-state index in [1.54, 1.807) is 13.3 Å². The molecular formula is C25H24N4O3. The third kappa shape index (κ3) is 3.18. The number of para-hydroxylation sites is 1. The SMILES string of the molecule is CNCCCn1cc(C2=C(c3c[nH]c4ccccc34)C(=O)NC2=O)c2ccc(OC)cc21. The number of carbonyl (C=O) groups is 2. The van der Waals surface area contributed by atoms with Crippen molar-refractivity contribution in [2.24, 2.45) is 0 Å². The summed E-state index contributed by atoms with van der Waals surface area (Å²) in [4.78, 5) is 29.2. The molecule has 2 aromatic heterocycles. The quantitative estimate of drug-likeness (QED) is 0.311. The van der Waals surface area contributed by atoms with Gasteiger partial charge in [-0.15, -0.1) is 0 Å². The average molecular weight is 428 g/mol. The molecule has 7 heteroatoms. The number of aromatic nitrogens is 2. The Morgan fingerprint density at radius 3 is 2.56 bits per heavy atom. The van der Waals surface area contributed by atoms with Gasteiger partial charge in [0.15, 0.2) is 0 Å². The number of aryl methyl sites for hydroxylation is 1. The number of methoxy groups -OCH3 is 1. The molecule has 0 aliphatic carbocycles. The fourth-order valence-electron chi connectivity index (χ4n) is 4.46. The van der Waals surface area contributed by atoms with Crippen LogP contribution in [0.2, 0.25) is 0 Å². The van der Waals surface area contributed by atoms with Crippen molar-refractivity contribution in [2.45, 2.75) is 13.0 Å². The molecule has 4 aromatic rings. The minimum atomic E-state index is -0.376. The molecule has 5 rings (SSSR count). The number of aromatic amines is 1. The first-order chi connectivity index (χ1) is 15.6. The first kappa shape index (κ1) is 20.1. The maximum atomic E-state index is 13.0. The van der Waals surface area contributed by atoms with Gasteiger partial charge in [-0.25, -0.2) is 0 Å². The van der Waals surface area contributed by atoms with E-state index in [0.29, 0.717) is 11.1 Å². The predicted molar refractivity (Wildman–Crippen MR) is 125 cm³/mol. The molecular weight excluding hydrogens is 404 g/mol. The van der Waals surface area contributed by atoms with Gasteiger partial charge in [0, 0.05) is 52.4 Å². The number of fused-ring (bicyclic) bond motifs is 2. The van der Waals surface area contributed by atoms with Crippen molar-refractivity contribution in [3.05, 3.63) is 66.0 Å². The zero-order valence-electron chi connectivity index (χ0n) is 18.0. The van der Waals surface area contributed by atoms with Crippen LogP contribution in [-0.4, -0.2) is 42.1 Å². The third-order valence-corrected chi connectivity index (χ3v) is 5.97. The third-order valence-electron chi connectivity index (χ3n) is 5.97. The number of nitrogens with zero attached hydrogens (tertiary/aromatic N) is 1. The number of amides is 2. The number of benzene rings is 2. The van der Waals surface area contributed by atoms with Crippen LogP contribution < -0.4 is 15.4 Å². The van der Waals surface area contributed by atoms with E-state index in [1.165, 1.54) is 0 Å². The largest absolute Gasteiger partial charge is 0.497 e. The fourth-order valence-corrected chi connectivity index (χ4v) is 4.46. The molecule has 1 aliphatic heterocycles. The summed E-state index contributed by atoms with van der Waals surface area (Å²) in [6.45, 7) is 1.65. The molecule has 0 unspecified atom stereocenters. The fraction of sp³-hybridized carbons (Fsp3) is 0.200. The molecule has 7 nitrogen and oxygen atoms in total. The molecule has 3 N–H and O–H groups in total. The van der Waals surface area contributed by atoms with E-state index in [4.69, 9.17) is 4.74 Å². The number of carbonyl (C=O) groups excluding carboxylic acids is 2. The molecule has 162 valence electrons. The number of hydrogen-bond donors (Lipinski definition) is 3. The molecule has 0 atom stereocenters. The van der Waals surface area contributed by atoms with Gasteiger partial charge in [0.25, 0.3) is 11.8 Å². The summed E-state index contributed by atoms with van der Waals surface area (Å²) >= 11 is 0. The first-order valence-corrected chi connectivity index (χ1v) is 10.6. The van der Waals surface area contributed by atoms with Crippen molar-refractivity contribution in [1.82, 2.24) is 20.2 Å². The lowest BCUT2D eigenvalue weighted by Crippen LogP contribution is -2.22. The minimum absolute atomic E-state index is 0.375. The van der Waals surface area contributed by atoms with Gasteiger partial charge < -0.3 is 19.6 Å². The van der Waals surface area contributed by atoms with Crippen molar-refractivity contribution in [3.63, 3.8) is 0 Å². The van der Waals surface area contributed by atoms with Crippen LogP contribution in [0.3, 0.4) is 0 Å². The normalized spacial score (nSPS) is 14.1. The number of hydrogen-bond acceptors (Lipinski definition) is 4. The van der Waals surface area contributed by atoms with Gasteiger partial charge in [-0.1, -0.05) is 18.2 Å². The standard InChI is InChI=1S/C25H24N4O3/c1-26-10-5-11-29-14-19(17-9-8-15(32-2)12-21(17)29)23-22(24(30)28-25(23)31)18-13-27-20-7-4-3-6-16(18)20/h3-4,6-9,12-14,26-27H,5,10-11H2,1-2H3,(H,28,30,31). The maximum absolute atomic E-state index is 13.0. The van der Waals surface area contributed by atoms with Crippen molar-refractivity contribution in [2.75, 3.05) is 20.7 Å². The van der Waals surface area contributed by atoms with Crippen LogP contribution in [0, 0.1) is 0 Å². The molecule has 0 saturated heterocycles. The van der Waals surface area contributed by atoms with E-state index in [0.717, 1.165) is 58.2 Å². The van der Waals surface area contributed by atoms with Crippen molar-refractivity contribution >= 4 is 44.8 Å².